The summed E-state index contributed by atoms with van der Waals surface area (Å²) in [4.78, 5) is 0. The van der Waals surface area contributed by atoms with Gasteiger partial charge in [0.1, 0.15) is 60.5 Å². The van der Waals surface area contributed by atoms with Crippen LogP contribution in [-0.4, -0.2) is 220 Å². The molecule has 13 aliphatic rings. The van der Waals surface area contributed by atoms with Gasteiger partial charge in [-0.05, 0) is 58.3 Å². The fourth-order valence-corrected chi connectivity index (χ4v) is 15.9. The Morgan fingerprint density at radius 3 is 1.96 bits per heavy atom. The summed E-state index contributed by atoms with van der Waals surface area (Å²) in [5.41, 5.74) is -2.41. The Bertz CT molecular complexity index is 2300. The number of aliphatic hydroxyl groups excluding tert-OH is 5. The zero-order chi connectivity index (χ0) is 54.7. The lowest BCUT2D eigenvalue weighted by atomic mass is 9.72. The van der Waals surface area contributed by atoms with Crippen LogP contribution in [0.25, 0.3) is 0 Å². The molecule has 9 saturated heterocycles. The zero-order valence-corrected chi connectivity index (χ0v) is 46.2. The van der Waals surface area contributed by atoms with E-state index < -0.39 is 164 Å². The molecule has 19 nitrogen and oxygen atoms in total. The van der Waals surface area contributed by atoms with Crippen LogP contribution in [0.2, 0.25) is 0 Å². The molecular formula is C60H86O19. The van der Waals surface area contributed by atoms with E-state index in [9.17, 15) is 30.6 Å². The van der Waals surface area contributed by atoms with E-state index in [4.69, 9.17) is 61.6 Å². The van der Waals surface area contributed by atoms with E-state index in [1.807, 2.05) is 57.2 Å². The van der Waals surface area contributed by atoms with Crippen LogP contribution in [0.5, 0.6) is 0 Å². The van der Waals surface area contributed by atoms with Crippen LogP contribution in [0.1, 0.15) is 105 Å². The maximum atomic E-state index is 12.4. The molecule has 32 atom stereocenters. The number of aliphatic hydroxyl groups is 6. The summed E-state index contributed by atoms with van der Waals surface area (Å²) in [7, 11) is 0. The molecule has 13 aliphatic heterocycles. The molecule has 0 aromatic heterocycles. The molecule has 13 heterocycles. The van der Waals surface area contributed by atoms with Crippen molar-refractivity contribution in [3.05, 3.63) is 60.8 Å². The van der Waals surface area contributed by atoms with Crippen molar-refractivity contribution in [2.45, 2.75) is 281 Å². The Labute approximate surface area is 463 Å². The van der Waals surface area contributed by atoms with Crippen LogP contribution >= 0.6 is 0 Å². The molecule has 0 radical (unpaired) electrons. The fourth-order valence-electron chi connectivity index (χ4n) is 15.9. The van der Waals surface area contributed by atoms with Crippen LogP contribution in [-0.2, 0) is 61.6 Å². The summed E-state index contributed by atoms with van der Waals surface area (Å²) in [6.07, 6.45) is 10.9. The summed E-state index contributed by atoms with van der Waals surface area (Å²) in [5, 5.41) is 67.6. The molecule has 9 fully saturated rings. The van der Waals surface area contributed by atoms with E-state index in [0.29, 0.717) is 64.4 Å². The molecule has 0 bridgehead atoms. The molecular weight excluding hydrogens is 1020 g/mol. The molecule has 19 heteroatoms. The Morgan fingerprint density at radius 2 is 1.19 bits per heavy atom. The smallest absolute Gasteiger partial charge is 0.174 e. The quantitative estimate of drug-likeness (QED) is 0.223. The lowest BCUT2D eigenvalue weighted by Crippen LogP contribution is -2.69. The van der Waals surface area contributed by atoms with E-state index in [0.717, 1.165) is 6.42 Å². The third-order valence-corrected chi connectivity index (χ3v) is 20.6. The summed E-state index contributed by atoms with van der Waals surface area (Å²) >= 11 is 0. The first-order valence-corrected chi connectivity index (χ1v) is 29.9. The van der Waals surface area contributed by atoms with E-state index in [1.54, 1.807) is 13.0 Å². The molecule has 1 spiro atoms. The molecule has 440 valence electrons. The highest BCUT2D eigenvalue weighted by atomic mass is 16.7. The minimum absolute atomic E-state index is 0.183. The zero-order valence-electron chi connectivity index (χ0n) is 46.2. The predicted molar refractivity (Wildman–Crippen MR) is 279 cm³/mol. The van der Waals surface area contributed by atoms with Crippen LogP contribution < -0.4 is 0 Å². The summed E-state index contributed by atoms with van der Waals surface area (Å²) in [6.45, 7) is 10.1. The Hall–Kier alpha value is -2.06. The minimum Gasteiger partial charge on any atom is -0.393 e. The van der Waals surface area contributed by atoms with E-state index >= 15 is 0 Å². The van der Waals surface area contributed by atoms with Crippen molar-refractivity contribution in [1.82, 2.24) is 0 Å². The maximum absolute atomic E-state index is 12.4. The van der Waals surface area contributed by atoms with E-state index in [-0.39, 0.29) is 42.7 Å². The van der Waals surface area contributed by atoms with Crippen molar-refractivity contribution < 1.29 is 92.2 Å². The largest absolute Gasteiger partial charge is 0.393 e. The van der Waals surface area contributed by atoms with Crippen LogP contribution in [0, 0.1) is 17.8 Å². The monoisotopic (exact) mass is 1110 g/mol. The second kappa shape index (κ2) is 22.1. The van der Waals surface area contributed by atoms with Crippen LogP contribution in [0.3, 0.4) is 0 Å². The Balaban J connectivity index is 0.681. The van der Waals surface area contributed by atoms with Crippen molar-refractivity contribution in [3.8, 4) is 0 Å². The number of hydrogen-bond acceptors (Lipinski definition) is 19. The standard InChI is InChI=1S/C60H86O19/c1-29-22-41-43(25-47-53(76-41)30(2)51(64)56-57(77-47)58(4,66)31(3)60(79-56)20-9-21-67-60)73-45-27-50-59(5,78-46(45)23-29)49(63)26-44-35(74-50)12-7-6-11-34-36(71-44)16-17-38-37(69-34)18-19-39-42(70-38)24-48-55(75-39)52(65)54-40(72-48)13-8-10-33(68-54)15-14-32(62)28-61/h6-8,10,14-19,29-57,61-66H,9,11-13,20-28H2,1-5H3/b7-6-,15-14-. The Morgan fingerprint density at radius 1 is 0.557 bits per heavy atom. The summed E-state index contributed by atoms with van der Waals surface area (Å²) < 4.78 is 88.8. The van der Waals surface area contributed by atoms with Crippen molar-refractivity contribution in [3.63, 3.8) is 0 Å². The summed E-state index contributed by atoms with van der Waals surface area (Å²) in [5.74, 6) is -1.57. The molecule has 32 unspecified atom stereocenters. The van der Waals surface area contributed by atoms with Crippen molar-refractivity contribution in [1.29, 1.82) is 0 Å². The second-order valence-corrected chi connectivity index (χ2v) is 25.9. The van der Waals surface area contributed by atoms with Crippen molar-refractivity contribution >= 4 is 0 Å². The van der Waals surface area contributed by atoms with Crippen LogP contribution in [0.4, 0.5) is 0 Å². The van der Waals surface area contributed by atoms with Gasteiger partial charge in [0.05, 0.1) is 123 Å². The van der Waals surface area contributed by atoms with Crippen LogP contribution in [0.15, 0.2) is 60.8 Å². The van der Waals surface area contributed by atoms with Gasteiger partial charge in [-0.15, -0.1) is 0 Å². The molecule has 6 N–H and O–H groups in total. The Kier molecular flexibility index (Phi) is 15.7. The first-order chi connectivity index (χ1) is 38.0. The van der Waals surface area contributed by atoms with Gasteiger partial charge < -0.3 is 92.2 Å². The SMILES string of the molecule is CC1CC2OC3C(CC2OC2CC4OC5C/C=C\CC6OC7C=CC8OC9C(CC8OC7C=CC6OC5CC(O)C4(C)OC2C1)OC1CC=CC(/C=C\C(O)CO)OC1C9O)OC1C(OC2(CCCO2)C(C)C1(C)O)C(O)C3C. The van der Waals surface area contributed by atoms with Gasteiger partial charge >= 0.3 is 0 Å². The van der Waals surface area contributed by atoms with Gasteiger partial charge in [-0.3, -0.25) is 0 Å². The lowest BCUT2D eigenvalue weighted by Gasteiger charge is -2.55. The molecule has 0 aliphatic carbocycles. The van der Waals surface area contributed by atoms with Gasteiger partial charge in [0.15, 0.2) is 5.79 Å². The molecule has 0 saturated carbocycles. The number of hydrogen-bond donors (Lipinski definition) is 6. The summed E-state index contributed by atoms with van der Waals surface area (Å²) in [6, 6.07) is 0. The average Bonchev–Trinajstić information content (AvgIpc) is 3.82. The molecule has 0 amide bonds. The topological polar surface area (TPSA) is 241 Å². The molecule has 0 aromatic carbocycles. The van der Waals surface area contributed by atoms with Gasteiger partial charge in [-0.2, -0.15) is 0 Å². The number of rotatable bonds is 3. The number of ether oxygens (including phenoxy) is 13. The van der Waals surface area contributed by atoms with Gasteiger partial charge in [-0.25, -0.2) is 0 Å². The normalized spacial score (nSPS) is 56.8. The lowest BCUT2D eigenvalue weighted by molar-refractivity contribution is -0.371. The van der Waals surface area contributed by atoms with Gasteiger partial charge in [-0.1, -0.05) is 81.5 Å². The highest BCUT2D eigenvalue weighted by molar-refractivity contribution is 5.18. The number of fused-ring (bicyclic) bond motifs is 11. The van der Waals surface area contributed by atoms with E-state index in [1.165, 1.54) is 6.08 Å². The van der Waals surface area contributed by atoms with Gasteiger partial charge in [0, 0.05) is 43.9 Å². The van der Waals surface area contributed by atoms with E-state index in [2.05, 4.69) is 19.1 Å². The molecule has 0 aromatic rings. The highest BCUT2D eigenvalue weighted by Crippen LogP contribution is 2.53. The minimum atomic E-state index is -1.36. The van der Waals surface area contributed by atoms with Gasteiger partial charge in [0.25, 0.3) is 0 Å². The molecule has 13 rings (SSSR count). The second-order valence-electron chi connectivity index (χ2n) is 25.9. The first kappa shape index (κ1) is 56.1. The molecule has 79 heavy (non-hydrogen) atoms. The van der Waals surface area contributed by atoms with Gasteiger partial charge in [0.2, 0.25) is 0 Å². The third kappa shape index (κ3) is 10.3. The fraction of sp³-hybridized carbons (Fsp3) is 0.833. The van der Waals surface area contributed by atoms with Crippen molar-refractivity contribution in [2.24, 2.45) is 17.8 Å². The average molecular weight is 1110 g/mol. The highest BCUT2D eigenvalue weighted by Gasteiger charge is 2.66. The van der Waals surface area contributed by atoms with Crippen molar-refractivity contribution in [2.75, 3.05) is 13.2 Å². The predicted octanol–water partition coefficient (Wildman–Crippen LogP) is 3.11. The first-order valence-electron chi connectivity index (χ1n) is 29.9. The third-order valence-electron chi connectivity index (χ3n) is 20.6. The maximum Gasteiger partial charge on any atom is 0.174 e.